The van der Waals surface area contributed by atoms with Gasteiger partial charge in [0.25, 0.3) is 0 Å². The summed E-state index contributed by atoms with van der Waals surface area (Å²) in [5.74, 6) is 1.32. The van der Waals surface area contributed by atoms with E-state index in [0.717, 1.165) is 50.5 Å². The van der Waals surface area contributed by atoms with Crippen LogP contribution in [0.2, 0.25) is 0 Å². The molecule has 0 radical (unpaired) electrons. The van der Waals surface area contributed by atoms with E-state index < -0.39 is 16.9 Å². The molecule has 214 valence electrons. The minimum absolute atomic E-state index is 0.0562. The van der Waals surface area contributed by atoms with Crippen LogP contribution in [0.1, 0.15) is 111 Å². The number of fused-ring (bicyclic) bond motifs is 7. The lowest BCUT2D eigenvalue weighted by Gasteiger charge is -2.64. The van der Waals surface area contributed by atoms with Gasteiger partial charge in [-0.15, -0.1) is 10.2 Å². The summed E-state index contributed by atoms with van der Waals surface area (Å²) in [6.07, 6.45) is 9.69. The molecule has 6 rings (SSSR count). The van der Waals surface area contributed by atoms with Gasteiger partial charge in [-0.1, -0.05) is 53.2 Å². The number of ketones is 2. The fourth-order valence-electron chi connectivity index (χ4n) is 10.2. The van der Waals surface area contributed by atoms with Crippen LogP contribution in [0.15, 0.2) is 27.7 Å². The molecule has 0 amide bonds. The fraction of sp³-hybridized carbons (Fsp3) is 0.727. The summed E-state index contributed by atoms with van der Waals surface area (Å²) < 4.78 is 5.96. The highest BCUT2D eigenvalue weighted by Crippen LogP contribution is 2.70. The first-order chi connectivity index (χ1) is 18.6. The molecule has 0 spiro atoms. The van der Waals surface area contributed by atoms with Gasteiger partial charge in [-0.05, 0) is 86.5 Å². The van der Waals surface area contributed by atoms with Gasteiger partial charge in [-0.2, -0.15) is 5.26 Å². The van der Waals surface area contributed by atoms with Crippen molar-refractivity contribution in [2.24, 2.45) is 45.3 Å². The molecule has 8 unspecified atom stereocenters. The maximum Gasteiger partial charge on any atom is 0.244 e. The van der Waals surface area contributed by atoms with Gasteiger partial charge in [0.2, 0.25) is 11.8 Å². The minimum Gasteiger partial charge on any atom is -0.422 e. The third-order valence-corrected chi connectivity index (χ3v) is 12.6. The van der Waals surface area contributed by atoms with E-state index in [0.29, 0.717) is 5.89 Å². The van der Waals surface area contributed by atoms with Crippen LogP contribution in [0.3, 0.4) is 0 Å². The summed E-state index contributed by atoms with van der Waals surface area (Å²) in [5, 5.41) is 28.3. The second-order valence-electron chi connectivity index (χ2n) is 15.3. The van der Waals surface area contributed by atoms with E-state index in [4.69, 9.17) is 4.42 Å². The molecule has 1 aromatic rings. The number of rotatable bonds is 2. The summed E-state index contributed by atoms with van der Waals surface area (Å²) >= 11 is 0. The number of allylic oxidation sites excluding steroid dienone is 4. The van der Waals surface area contributed by atoms with E-state index in [1.54, 1.807) is 6.92 Å². The van der Waals surface area contributed by atoms with Crippen LogP contribution in [0.5, 0.6) is 0 Å². The first-order valence-electron chi connectivity index (χ1n) is 15.1. The molecule has 0 saturated heterocycles. The van der Waals surface area contributed by atoms with E-state index in [9.17, 15) is 20.0 Å². The average Bonchev–Trinajstić information content (AvgIpc) is 3.40. The Morgan fingerprint density at radius 3 is 2.40 bits per heavy atom. The van der Waals surface area contributed by atoms with Crippen molar-refractivity contribution in [2.75, 3.05) is 0 Å². The summed E-state index contributed by atoms with van der Waals surface area (Å²) in [6.45, 7) is 14.6. The molecule has 9 atom stereocenters. The highest BCUT2D eigenvalue weighted by atomic mass is 16.4. The number of aliphatic hydroxyl groups is 1. The highest BCUT2D eigenvalue weighted by Gasteiger charge is 2.65. The Kier molecular flexibility index (Phi) is 5.84. The van der Waals surface area contributed by atoms with Crippen molar-refractivity contribution in [3.63, 3.8) is 0 Å². The maximum atomic E-state index is 14.3. The van der Waals surface area contributed by atoms with E-state index in [1.165, 1.54) is 0 Å². The smallest absolute Gasteiger partial charge is 0.244 e. The van der Waals surface area contributed by atoms with Crippen molar-refractivity contribution in [3.8, 4) is 6.07 Å². The van der Waals surface area contributed by atoms with Gasteiger partial charge in [-0.25, -0.2) is 0 Å². The topological polar surface area (TPSA) is 117 Å². The molecular weight excluding hydrogens is 502 g/mol. The largest absolute Gasteiger partial charge is 0.422 e. The third kappa shape index (κ3) is 3.50. The average molecular weight is 546 g/mol. The number of aromatic nitrogens is 2. The zero-order chi connectivity index (χ0) is 29.0. The summed E-state index contributed by atoms with van der Waals surface area (Å²) in [4.78, 5) is 27.6. The van der Waals surface area contributed by atoms with Crippen LogP contribution in [-0.2, 0) is 15.0 Å². The Hall–Kier alpha value is -2.59. The zero-order valence-corrected chi connectivity index (χ0v) is 25.0. The number of hydrogen-bond donors (Lipinski definition) is 1. The standard InChI is InChI=1S/C33H43N3O4/c1-18(37)27-35-36-28(40-27)31(5)13-12-30(4)10-8-20-25(21(30)16-31)22(38)14-24-32(20,6)11-9-23-29(2,3)26(39)19(17-34)15-33(23,24)7/h14-15,18,20-21,23,25,37H,8-13,16H2,1-7H3/t18?,20?,21?,23?,25?,30?,31-,32?,33?/m0/s1. The Balaban J connectivity index is 1.42. The number of carbonyl (C=O) groups is 2. The zero-order valence-electron chi connectivity index (χ0n) is 25.0. The summed E-state index contributed by atoms with van der Waals surface area (Å²) in [7, 11) is 0. The normalized spacial score (nSPS) is 44.7. The molecule has 1 aromatic heterocycles. The number of nitriles is 1. The van der Waals surface area contributed by atoms with E-state index in [-0.39, 0.29) is 62.9 Å². The molecule has 7 heteroatoms. The Labute approximate surface area is 237 Å². The van der Waals surface area contributed by atoms with Crippen LogP contribution < -0.4 is 0 Å². The van der Waals surface area contributed by atoms with Gasteiger partial charge in [0, 0.05) is 22.2 Å². The number of nitrogens with zero attached hydrogens (tertiary/aromatic N) is 3. The molecule has 1 heterocycles. The van der Waals surface area contributed by atoms with Crippen molar-refractivity contribution >= 4 is 11.6 Å². The predicted molar refractivity (Wildman–Crippen MR) is 148 cm³/mol. The molecule has 1 N–H and O–H groups in total. The molecular formula is C33H43N3O4. The van der Waals surface area contributed by atoms with Crippen LogP contribution >= 0.6 is 0 Å². The van der Waals surface area contributed by atoms with E-state index in [2.05, 4.69) is 44.0 Å². The van der Waals surface area contributed by atoms with Gasteiger partial charge in [0.15, 0.2) is 11.6 Å². The first kappa shape index (κ1) is 27.6. The summed E-state index contributed by atoms with van der Waals surface area (Å²) in [5.41, 5.74) is -0.230. The second kappa shape index (κ2) is 8.47. The molecule has 0 aromatic carbocycles. The SMILES string of the molecule is CC(O)c1nnc([C@@]2(C)CCC3(C)CCC4C(C(=O)C=C5C6(C)C=C(C#N)C(=O)C(C)(C)C6CCC54C)C3C2)o1. The second-order valence-corrected chi connectivity index (χ2v) is 15.3. The monoisotopic (exact) mass is 545 g/mol. The van der Waals surface area contributed by atoms with Crippen molar-refractivity contribution in [2.45, 2.75) is 105 Å². The van der Waals surface area contributed by atoms with Gasteiger partial charge in [-0.3, -0.25) is 9.59 Å². The Bertz CT molecular complexity index is 1400. The van der Waals surface area contributed by atoms with Crippen LogP contribution in [0.25, 0.3) is 0 Å². The molecule has 0 aliphatic heterocycles. The Morgan fingerprint density at radius 1 is 1.02 bits per heavy atom. The molecule has 5 aliphatic rings. The van der Waals surface area contributed by atoms with E-state index >= 15 is 0 Å². The van der Waals surface area contributed by atoms with Crippen LogP contribution in [-0.4, -0.2) is 26.9 Å². The molecule has 3 fully saturated rings. The number of Topliss-reactive ketones (excluding diaryl/α,β-unsaturated/α-hetero) is 1. The van der Waals surface area contributed by atoms with Gasteiger partial charge in [0.1, 0.15) is 12.2 Å². The van der Waals surface area contributed by atoms with Crippen LogP contribution in [0.4, 0.5) is 0 Å². The van der Waals surface area contributed by atoms with Crippen LogP contribution in [0, 0.1) is 56.7 Å². The summed E-state index contributed by atoms with van der Waals surface area (Å²) in [6, 6.07) is 2.18. The minimum atomic E-state index is -0.812. The third-order valence-electron chi connectivity index (χ3n) is 12.6. The highest BCUT2D eigenvalue weighted by molar-refractivity contribution is 6.04. The molecule has 0 bridgehead atoms. The number of carbonyl (C=O) groups excluding carboxylic acids is 2. The van der Waals surface area contributed by atoms with Gasteiger partial charge < -0.3 is 9.52 Å². The van der Waals surface area contributed by atoms with Crippen molar-refractivity contribution in [1.82, 2.24) is 10.2 Å². The molecule has 7 nitrogen and oxygen atoms in total. The predicted octanol–water partition coefficient (Wildman–Crippen LogP) is 6.20. The van der Waals surface area contributed by atoms with Crippen molar-refractivity contribution in [3.05, 3.63) is 35.1 Å². The lowest BCUT2D eigenvalue weighted by Crippen LogP contribution is -2.60. The molecule has 40 heavy (non-hydrogen) atoms. The number of hydrogen-bond acceptors (Lipinski definition) is 7. The van der Waals surface area contributed by atoms with Crippen molar-refractivity contribution < 1.29 is 19.1 Å². The lowest BCUT2D eigenvalue weighted by atomic mass is 9.38. The van der Waals surface area contributed by atoms with E-state index in [1.807, 2.05) is 26.0 Å². The number of aliphatic hydroxyl groups excluding tert-OH is 1. The maximum absolute atomic E-state index is 14.3. The Morgan fingerprint density at radius 2 is 1.75 bits per heavy atom. The first-order valence-corrected chi connectivity index (χ1v) is 15.1. The fourth-order valence-corrected chi connectivity index (χ4v) is 10.2. The van der Waals surface area contributed by atoms with Gasteiger partial charge >= 0.3 is 0 Å². The molecule has 5 aliphatic carbocycles. The van der Waals surface area contributed by atoms with Crippen molar-refractivity contribution in [1.29, 1.82) is 5.26 Å². The lowest BCUT2D eigenvalue weighted by molar-refractivity contribution is -0.145. The molecule has 3 saturated carbocycles. The van der Waals surface area contributed by atoms with Gasteiger partial charge in [0.05, 0.1) is 5.57 Å². The quantitative estimate of drug-likeness (QED) is 0.470.